The molecule has 2 aliphatic rings. The topological polar surface area (TPSA) is 144 Å². The van der Waals surface area contributed by atoms with Crippen molar-refractivity contribution in [2.75, 3.05) is 13.2 Å². The van der Waals surface area contributed by atoms with E-state index in [0.29, 0.717) is 44.9 Å². The van der Waals surface area contributed by atoms with Crippen molar-refractivity contribution in [3.8, 4) is 0 Å². The largest absolute Gasteiger partial charge is 0.463 e. The third-order valence-corrected chi connectivity index (χ3v) is 14.1. The number of esters is 4. The predicted octanol–water partition coefficient (Wildman–Crippen LogP) is 15.9. The smallest absolute Gasteiger partial charge is 0.306 e. The Kier molecular flexibility index (Phi) is 36.9. The standard InChI is InChI=1S/C60H110O11/c1-5-9-13-17-21-25-29-33-37-41-53(62)66-49-52-57(69-54(63)42-38-34-30-26-22-18-14-10-6-2)58(70-55(64)43-39-35-31-27-23-19-15-11-7-3)59(60(68-52)67-48-50-45-46-51(61)47-50)71-56(65)44-40-36-32-28-24-20-16-12-8-4/h50-52,57-61H,5-49H2,1-4H3/t50?,51?,52-,57+,58+,59-,60?/m1/s1/i37D,38D,39D,40D/t37?,38?,39?,40?,50?,51?,52-,57+,58+,59-,60?. The number of aliphatic hydroxyl groups is 1. The Balaban J connectivity index is 2.44. The Labute approximate surface area is 440 Å². The molecule has 1 aliphatic heterocycles. The number of aliphatic hydroxyl groups excluding tert-OH is 1. The second-order valence-electron chi connectivity index (χ2n) is 20.9. The third kappa shape index (κ3) is 34.1. The highest BCUT2D eigenvalue weighted by Gasteiger charge is 2.53. The maximum atomic E-state index is 14.1. The molecule has 1 aliphatic carbocycles. The first-order valence-corrected chi connectivity index (χ1v) is 29.7. The van der Waals surface area contributed by atoms with Gasteiger partial charge in [0.15, 0.2) is 24.6 Å². The normalized spacial score (nSPS) is 23.6. The lowest BCUT2D eigenvalue weighted by Crippen LogP contribution is -2.63. The first-order chi connectivity index (χ1) is 36.3. The lowest BCUT2D eigenvalue weighted by atomic mass is 9.97. The van der Waals surface area contributed by atoms with Crippen LogP contribution in [0.15, 0.2) is 0 Å². The van der Waals surface area contributed by atoms with Crippen molar-refractivity contribution in [1.29, 1.82) is 0 Å². The molecular weight excluding hydrogens is 897 g/mol. The summed E-state index contributed by atoms with van der Waals surface area (Å²) in [6.45, 7) is 8.35. The van der Waals surface area contributed by atoms with Crippen molar-refractivity contribution in [2.45, 2.75) is 341 Å². The molecule has 71 heavy (non-hydrogen) atoms. The van der Waals surface area contributed by atoms with Crippen LogP contribution >= 0.6 is 0 Å². The fraction of sp³-hybridized carbons (Fsp3) is 0.933. The molecule has 1 heterocycles. The molecule has 0 aromatic carbocycles. The van der Waals surface area contributed by atoms with E-state index in [2.05, 4.69) is 27.7 Å². The fourth-order valence-electron chi connectivity index (χ4n) is 9.68. The Morgan fingerprint density at radius 3 is 1.14 bits per heavy atom. The summed E-state index contributed by atoms with van der Waals surface area (Å²) in [4.78, 5) is 55.5. The van der Waals surface area contributed by atoms with Crippen LogP contribution in [0.3, 0.4) is 0 Å². The van der Waals surface area contributed by atoms with Crippen LogP contribution in [0.2, 0.25) is 0 Å². The summed E-state index contributed by atoms with van der Waals surface area (Å²) >= 11 is 0. The maximum Gasteiger partial charge on any atom is 0.306 e. The molecule has 11 heteroatoms. The Morgan fingerprint density at radius 1 is 0.437 bits per heavy atom. The maximum absolute atomic E-state index is 14.1. The average molecular weight is 1010 g/mol. The van der Waals surface area contributed by atoms with Crippen LogP contribution in [0.5, 0.6) is 0 Å². The first-order valence-electron chi connectivity index (χ1n) is 32.0. The van der Waals surface area contributed by atoms with Crippen LogP contribution in [-0.4, -0.2) is 79.0 Å². The van der Waals surface area contributed by atoms with E-state index in [-0.39, 0.29) is 38.2 Å². The van der Waals surface area contributed by atoms with Gasteiger partial charge in [0, 0.05) is 31.2 Å². The summed E-state index contributed by atoms with van der Waals surface area (Å²) in [5.41, 5.74) is 0. The molecule has 0 bridgehead atoms. The van der Waals surface area contributed by atoms with Gasteiger partial charge in [-0.25, -0.2) is 0 Å². The van der Waals surface area contributed by atoms with E-state index in [1.165, 1.54) is 57.8 Å². The Hall–Kier alpha value is -2.24. The lowest BCUT2D eigenvalue weighted by molar-refractivity contribution is -0.310. The molecule has 1 saturated carbocycles. The molecule has 0 radical (unpaired) electrons. The third-order valence-electron chi connectivity index (χ3n) is 14.1. The lowest BCUT2D eigenvalue weighted by Gasteiger charge is -2.44. The number of hydrogen-bond acceptors (Lipinski definition) is 11. The molecule has 0 aromatic heterocycles. The fourth-order valence-corrected chi connectivity index (χ4v) is 9.68. The number of rotatable bonds is 48. The molecule has 0 aromatic rings. The van der Waals surface area contributed by atoms with E-state index in [1.54, 1.807) is 0 Å². The number of hydrogen-bond donors (Lipinski definition) is 1. The molecule has 0 spiro atoms. The van der Waals surface area contributed by atoms with Gasteiger partial charge in [-0.1, -0.05) is 233 Å². The van der Waals surface area contributed by atoms with Gasteiger partial charge in [0.25, 0.3) is 0 Å². The van der Waals surface area contributed by atoms with Gasteiger partial charge < -0.3 is 33.5 Å². The Bertz CT molecular complexity index is 1440. The van der Waals surface area contributed by atoms with Crippen molar-refractivity contribution in [2.24, 2.45) is 5.92 Å². The highest BCUT2D eigenvalue weighted by molar-refractivity contribution is 5.72. The molecule has 0 amide bonds. The van der Waals surface area contributed by atoms with Crippen molar-refractivity contribution >= 4 is 23.9 Å². The molecule has 11 nitrogen and oxygen atoms in total. The quantitative estimate of drug-likeness (QED) is 0.0353. The molecule has 7 unspecified atom stereocenters. The van der Waals surface area contributed by atoms with Gasteiger partial charge in [0.1, 0.15) is 12.7 Å². The molecule has 1 saturated heterocycles. The van der Waals surface area contributed by atoms with Crippen LogP contribution in [0.4, 0.5) is 0 Å². The molecule has 2 rings (SSSR count). The highest BCUT2D eigenvalue weighted by atomic mass is 16.7. The first kappa shape index (κ1) is 58.0. The summed E-state index contributed by atoms with van der Waals surface area (Å²) in [6.07, 6.45) is 22.2. The average Bonchev–Trinajstić information content (AvgIpc) is 3.79. The monoisotopic (exact) mass is 1010 g/mol. The molecule has 11 atom stereocenters. The van der Waals surface area contributed by atoms with Crippen LogP contribution in [-0.2, 0) is 47.6 Å². The summed E-state index contributed by atoms with van der Waals surface area (Å²) in [5.74, 6) is -2.96. The van der Waals surface area contributed by atoms with Gasteiger partial charge in [-0.05, 0) is 50.8 Å². The van der Waals surface area contributed by atoms with Gasteiger partial charge in [0.2, 0.25) is 0 Å². The second kappa shape index (κ2) is 45.2. The van der Waals surface area contributed by atoms with Gasteiger partial charge in [0.05, 0.1) is 12.7 Å². The zero-order valence-corrected chi connectivity index (χ0v) is 45.9. The molecule has 1 N–H and O–H groups in total. The van der Waals surface area contributed by atoms with Crippen molar-refractivity contribution in [3.63, 3.8) is 0 Å². The van der Waals surface area contributed by atoms with E-state index in [4.69, 9.17) is 33.9 Å². The minimum atomic E-state index is -1.53. The SMILES string of the molecule is [2H]C(CCCCCCCCC)CC(=O)OC[C@H]1OC(OCC2CCC(O)C2)[C@H](OC(=O)CC([2H])CCCCCCCCC)[C@@H](OC(=O)CC([2H])CCCCCCCCC)[C@H]1OC(=O)CC([2H])CCCCCCCCC. The van der Waals surface area contributed by atoms with Gasteiger partial charge >= 0.3 is 23.9 Å². The van der Waals surface area contributed by atoms with E-state index < -0.39 is 92.9 Å². The number of unbranched alkanes of at least 4 members (excludes halogenated alkanes) is 24. The number of ether oxygens (including phenoxy) is 6. The zero-order valence-electron chi connectivity index (χ0n) is 49.9. The number of carbonyl (C=O) groups is 4. The van der Waals surface area contributed by atoms with Crippen LogP contribution in [0.25, 0.3) is 0 Å². The van der Waals surface area contributed by atoms with Gasteiger partial charge in [-0.3, -0.25) is 19.2 Å². The van der Waals surface area contributed by atoms with Gasteiger partial charge in [-0.2, -0.15) is 0 Å². The molecule has 2 fully saturated rings. The van der Waals surface area contributed by atoms with Crippen LogP contribution in [0.1, 0.15) is 309 Å². The molecular formula is C60H110O11. The minimum absolute atomic E-state index is 0.0567. The van der Waals surface area contributed by atoms with E-state index in [1.807, 2.05) is 0 Å². The highest BCUT2D eigenvalue weighted by Crippen LogP contribution is 2.33. The van der Waals surface area contributed by atoms with E-state index in [9.17, 15) is 24.3 Å². The van der Waals surface area contributed by atoms with Crippen molar-refractivity contribution in [1.82, 2.24) is 0 Å². The number of carbonyl (C=O) groups excluding carboxylic acids is 4. The summed E-state index contributed by atoms with van der Waals surface area (Å²) in [5, 5.41) is 10.4. The second-order valence-corrected chi connectivity index (χ2v) is 20.9. The Morgan fingerprint density at radius 2 is 0.775 bits per heavy atom. The summed E-state index contributed by atoms with van der Waals surface area (Å²) in [7, 11) is 0. The van der Waals surface area contributed by atoms with Crippen LogP contribution < -0.4 is 0 Å². The van der Waals surface area contributed by atoms with Crippen molar-refractivity contribution in [3.05, 3.63) is 0 Å². The van der Waals surface area contributed by atoms with E-state index >= 15 is 0 Å². The van der Waals surface area contributed by atoms with Crippen LogP contribution in [0, 0.1) is 5.92 Å². The van der Waals surface area contributed by atoms with E-state index in [0.717, 1.165) is 122 Å². The molecule has 416 valence electrons. The zero-order chi connectivity index (χ0) is 54.9. The van der Waals surface area contributed by atoms with Crippen molar-refractivity contribution < 1.29 is 58.2 Å². The predicted molar refractivity (Wildman–Crippen MR) is 286 cm³/mol. The minimum Gasteiger partial charge on any atom is -0.463 e. The summed E-state index contributed by atoms with van der Waals surface area (Å²) in [6, 6.07) is 0. The van der Waals surface area contributed by atoms with Gasteiger partial charge in [-0.15, -0.1) is 0 Å². The summed E-state index contributed by atoms with van der Waals surface area (Å²) < 4.78 is 72.4.